The highest BCUT2D eigenvalue weighted by atomic mass is 16.2. The van der Waals surface area contributed by atoms with Crippen LogP contribution >= 0.6 is 0 Å². The van der Waals surface area contributed by atoms with Crippen molar-refractivity contribution < 1.29 is 4.79 Å². The molecule has 0 aromatic carbocycles. The van der Waals surface area contributed by atoms with Crippen molar-refractivity contribution in [3.8, 4) is 0 Å². The lowest BCUT2D eigenvalue weighted by atomic mass is 9.95. The largest absolute Gasteiger partial charge is 0.272 e. The van der Waals surface area contributed by atoms with Crippen molar-refractivity contribution in [3.05, 3.63) is 24.9 Å². The van der Waals surface area contributed by atoms with Crippen LogP contribution in [-0.2, 0) is 4.79 Å². The third-order valence-electron chi connectivity index (χ3n) is 1.41. The smallest absolute Gasteiger partial charge is 0.246 e. The zero-order valence-electron chi connectivity index (χ0n) is 7.92. The average molecular weight is 168 g/mol. The molecule has 2 N–H and O–H groups in total. The molecule has 0 saturated heterocycles. The Morgan fingerprint density at radius 3 is 2.17 bits per heavy atom. The molecule has 0 aromatic rings. The van der Waals surface area contributed by atoms with E-state index in [1.165, 1.54) is 6.08 Å². The summed E-state index contributed by atoms with van der Waals surface area (Å²) in [4.78, 5) is 11.5. The van der Waals surface area contributed by atoms with E-state index < -0.39 is 5.41 Å². The predicted molar refractivity (Wildman–Crippen MR) is 49.8 cm³/mol. The summed E-state index contributed by atoms with van der Waals surface area (Å²) in [6.45, 7) is 12.4. The number of nitrogens with zero attached hydrogens (tertiary/aromatic N) is 1. The van der Waals surface area contributed by atoms with E-state index in [1.807, 2.05) is 0 Å². The first-order chi connectivity index (χ1) is 5.30. The van der Waals surface area contributed by atoms with Crippen molar-refractivity contribution in [2.24, 2.45) is 11.3 Å². The van der Waals surface area contributed by atoms with Crippen LogP contribution in [0.2, 0.25) is 0 Å². The van der Waals surface area contributed by atoms with Gasteiger partial charge in [0.15, 0.2) is 0 Å². The monoisotopic (exact) mass is 168 g/mol. The number of rotatable bonds is 2. The van der Waals surface area contributed by atoms with E-state index in [0.717, 1.165) is 5.01 Å². The summed E-state index contributed by atoms with van der Waals surface area (Å²) in [6, 6.07) is 0. The van der Waals surface area contributed by atoms with Gasteiger partial charge in [-0.15, -0.1) is 0 Å². The predicted octanol–water partition coefficient (Wildman–Crippen LogP) is 1.43. The molecule has 1 amide bonds. The number of allylic oxidation sites excluding steroid dienone is 1. The normalized spacial score (nSPS) is 10.7. The van der Waals surface area contributed by atoms with Crippen LogP contribution in [0.3, 0.4) is 0 Å². The van der Waals surface area contributed by atoms with Crippen LogP contribution in [0.4, 0.5) is 0 Å². The first-order valence-electron chi connectivity index (χ1n) is 3.71. The zero-order valence-corrected chi connectivity index (χ0v) is 7.92. The van der Waals surface area contributed by atoms with E-state index in [-0.39, 0.29) is 5.91 Å². The Morgan fingerprint density at radius 2 is 1.92 bits per heavy atom. The maximum atomic E-state index is 11.5. The Labute approximate surface area is 73.5 Å². The Balaban J connectivity index is 4.51. The summed E-state index contributed by atoms with van der Waals surface area (Å²) in [5.74, 6) is 5.30. The van der Waals surface area contributed by atoms with Gasteiger partial charge in [0.1, 0.15) is 0 Å². The van der Waals surface area contributed by atoms with Gasteiger partial charge in [0.25, 0.3) is 0 Å². The molecule has 0 heterocycles. The minimum atomic E-state index is -0.485. The van der Waals surface area contributed by atoms with Gasteiger partial charge < -0.3 is 0 Å². The second kappa shape index (κ2) is 3.54. The molecule has 0 rings (SSSR count). The van der Waals surface area contributed by atoms with Crippen LogP contribution in [0.15, 0.2) is 24.9 Å². The van der Waals surface area contributed by atoms with E-state index in [9.17, 15) is 4.79 Å². The Morgan fingerprint density at radius 1 is 1.50 bits per heavy atom. The summed E-state index contributed by atoms with van der Waals surface area (Å²) in [5.41, 5.74) is -0.0734. The molecule has 0 radical (unpaired) electrons. The highest BCUT2D eigenvalue weighted by Gasteiger charge is 2.26. The van der Waals surface area contributed by atoms with Crippen LogP contribution < -0.4 is 5.84 Å². The molecule has 0 spiro atoms. The maximum Gasteiger partial charge on any atom is 0.246 e. The first kappa shape index (κ1) is 10.9. The van der Waals surface area contributed by atoms with Crippen LogP contribution in [0.25, 0.3) is 0 Å². The van der Waals surface area contributed by atoms with E-state index in [0.29, 0.717) is 5.70 Å². The highest BCUT2D eigenvalue weighted by molar-refractivity contribution is 5.82. The Hall–Kier alpha value is -1.09. The van der Waals surface area contributed by atoms with E-state index in [1.54, 1.807) is 20.8 Å². The average Bonchev–Trinajstić information content (AvgIpc) is 1.98. The maximum absolute atomic E-state index is 11.5. The van der Waals surface area contributed by atoms with Gasteiger partial charge in [0.05, 0.1) is 5.70 Å². The van der Waals surface area contributed by atoms with Crippen LogP contribution in [0.5, 0.6) is 0 Å². The molecule has 0 atom stereocenters. The minimum absolute atomic E-state index is 0.174. The number of hydrogen-bond acceptors (Lipinski definition) is 2. The summed E-state index contributed by atoms with van der Waals surface area (Å²) < 4.78 is 0. The van der Waals surface area contributed by atoms with Crippen LogP contribution in [-0.4, -0.2) is 10.9 Å². The molecule has 0 aliphatic carbocycles. The molecule has 3 heteroatoms. The second-order valence-electron chi connectivity index (χ2n) is 3.62. The van der Waals surface area contributed by atoms with Crippen LogP contribution in [0, 0.1) is 5.41 Å². The molecule has 0 unspecified atom stereocenters. The van der Waals surface area contributed by atoms with Crippen molar-refractivity contribution in [2.45, 2.75) is 20.8 Å². The fourth-order valence-electron chi connectivity index (χ4n) is 0.590. The fourth-order valence-corrected chi connectivity index (χ4v) is 0.590. The second-order valence-corrected chi connectivity index (χ2v) is 3.62. The molecule has 12 heavy (non-hydrogen) atoms. The summed E-state index contributed by atoms with van der Waals surface area (Å²) in [5, 5.41) is 1.02. The van der Waals surface area contributed by atoms with Gasteiger partial charge in [0, 0.05) is 5.41 Å². The van der Waals surface area contributed by atoms with Crippen molar-refractivity contribution >= 4 is 5.91 Å². The SMILES string of the molecule is C=CC(=C)N(N)C(=O)C(C)(C)C. The van der Waals surface area contributed by atoms with Gasteiger partial charge in [0.2, 0.25) is 5.91 Å². The molecule has 0 aliphatic rings. The topological polar surface area (TPSA) is 46.3 Å². The van der Waals surface area contributed by atoms with Crippen molar-refractivity contribution in [1.82, 2.24) is 5.01 Å². The molecule has 0 bridgehead atoms. The minimum Gasteiger partial charge on any atom is -0.272 e. The third kappa shape index (κ3) is 2.51. The fraction of sp³-hybridized carbons (Fsp3) is 0.444. The summed E-state index contributed by atoms with van der Waals surface area (Å²) >= 11 is 0. The zero-order chi connectivity index (χ0) is 9.94. The lowest BCUT2D eigenvalue weighted by Crippen LogP contribution is -2.42. The molecular formula is C9H16N2O. The highest BCUT2D eigenvalue weighted by Crippen LogP contribution is 2.17. The van der Waals surface area contributed by atoms with Crippen molar-refractivity contribution in [2.75, 3.05) is 0 Å². The molecule has 3 nitrogen and oxygen atoms in total. The number of hydrazine groups is 1. The summed E-state index contributed by atoms with van der Waals surface area (Å²) in [7, 11) is 0. The molecule has 0 aromatic heterocycles. The molecular weight excluding hydrogens is 152 g/mol. The Kier molecular flexibility index (Phi) is 3.22. The number of carbonyl (C=O) groups excluding carboxylic acids is 1. The molecule has 0 fully saturated rings. The lowest BCUT2D eigenvalue weighted by molar-refractivity contribution is -0.137. The Bertz CT molecular complexity index is 213. The van der Waals surface area contributed by atoms with Crippen molar-refractivity contribution in [1.29, 1.82) is 0 Å². The van der Waals surface area contributed by atoms with Gasteiger partial charge in [-0.05, 0) is 6.08 Å². The number of carbonyl (C=O) groups is 1. The number of hydrogen-bond donors (Lipinski definition) is 1. The first-order valence-corrected chi connectivity index (χ1v) is 3.71. The quantitative estimate of drug-likeness (QED) is 0.293. The third-order valence-corrected chi connectivity index (χ3v) is 1.41. The lowest BCUT2D eigenvalue weighted by Gasteiger charge is -2.25. The number of nitrogens with two attached hydrogens (primary N) is 1. The van der Waals surface area contributed by atoms with Gasteiger partial charge in [-0.3, -0.25) is 4.79 Å². The van der Waals surface area contributed by atoms with Gasteiger partial charge in [-0.1, -0.05) is 33.9 Å². The molecule has 68 valence electrons. The van der Waals surface area contributed by atoms with Crippen molar-refractivity contribution in [3.63, 3.8) is 0 Å². The van der Waals surface area contributed by atoms with E-state index in [4.69, 9.17) is 5.84 Å². The van der Waals surface area contributed by atoms with Crippen LogP contribution in [0.1, 0.15) is 20.8 Å². The van der Waals surface area contributed by atoms with Gasteiger partial charge in [-0.25, -0.2) is 10.9 Å². The molecule has 0 saturated carbocycles. The van der Waals surface area contributed by atoms with Gasteiger partial charge in [-0.2, -0.15) is 0 Å². The van der Waals surface area contributed by atoms with Gasteiger partial charge >= 0.3 is 0 Å². The summed E-state index contributed by atoms with van der Waals surface area (Å²) in [6.07, 6.45) is 1.45. The molecule has 0 aliphatic heterocycles. The van der Waals surface area contributed by atoms with E-state index >= 15 is 0 Å². The van der Waals surface area contributed by atoms with E-state index in [2.05, 4.69) is 13.2 Å². The standard InChI is InChI=1S/C9H16N2O/c1-6-7(2)11(10)8(12)9(3,4)5/h6H,1-2,10H2,3-5H3. The number of amides is 1.